The van der Waals surface area contributed by atoms with E-state index < -0.39 is 12.1 Å². The molecule has 0 radical (unpaired) electrons. The number of rotatable bonds is 6. The van der Waals surface area contributed by atoms with Crippen LogP contribution >= 0.6 is 0 Å². The van der Waals surface area contributed by atoms with Gasteiger partial charge < -0.3 is 19.7 Å². The fraction of sp³-hybridized carbons (Fsp3) is 0.727. The Morgan fingerprint density at radius 1 is 1.56 bits per heavy atom. The maximum absolute atomic E-state index is 10.7. The second-order valence-corrected chi connectivity index (χ2v) is 4.35. The van der Waals surface area contributed by atoms with Crippen LogP contribution in [0.4, 0.5) is 0 Å². The lowest BCUT2D eigenvalue weighted by atomic mass is 10.2. The van der Waals surface area contributed by atoms with Crippen LogP contribution in [0.25, 0.3) is 0 Å². The zero-order chi connectivity index (χ0) is 13.0. The summed E-state index contributed by atoms with van der Waals surface area (Å²) < 4.78 is 10.3. The topological polar surface area (TPSA) is 97.5 Å². The molecule has 0 aliphatic carbocycles. The Bertz CT molecular complexity index is 407. The summed E-state index contributed by atoms with van der Waals surface area (Å²) in [6.45, 7) is 3.13. The van der Waals surface area contributed by atoms with Gasteiger partial charge in [-0.3, -0.25) is 0 Å². The Labute approximate surface area is 105 Å². The van der Waals surface area contributed by atoms with Crippen molar-refractivity contribution in [2.75, 3.05) is 13.1 Å². The smallest absolute Gasteiger partial charge is 0.332 e. The lowest BCUT2D eigenvalue weighted by Crippen LogP contribution is -2.30. The minimum atomic E-state index is -0.876. The van der Waals surface area contributed by atoms with Crippen molar-refractivity contribution in [3.8, 4) is 0 Å². The molecule has 0 spiro atoms. The normalized spacial score (nSPS) is 23.4. The number of aromatic nitrogens is 2. The van der Waals surface area contributed by atoms with E-state index in [4.69, 9.17) is 14.4 Å². The Balaban J connectivity index is 1.60. The molecule has 2 atom stereocenters. The van der Waals surface area contributed by atoms with Crippen molar-refractivity contribution in [1.29, 1.82) is 0 Å². The lowest BCUT2D eigenvalue weighted by molar-refractivity contribution is -0.149. The molecule has 2 rings (SSSR count). The molecule has 7 heteroatoms. The lowest BCUT2D eigenvalue weighted by Gasteiger charge is -2.11. The average molecular weight is 255 g/mol. The summed E-state index contributed by atoms with van der Waals surface area (Å²) in [7, 11) is 0. The second kappa shape index (κ2) is 5.92. The molecule has 0 bridgehead atoms. The number of nitrogens with one attached hydrogen (secondary N) is 1. The van der Waals surface area contributed by atoms with Gasteiger partial charge >= 0.3 is 5.97 Å². The minimum Gasteiger partial charge on any atom is -0.479 e. The molecule has 2 unspecified atom stereocenters. The molecule has 1 fully saturated rings. The predicted octanol–water partition coefficient (Wildman–Crippen LogP) is 0.142. The van der Waals surface area contributed by atoms with Crippen LogP contribution in [0.1, 0.15) is 24.6 Å². The highest BCUT2D eigenvalue weighted by molar-refractivity contribution is 5.72. The molecule has 1 aromatic rings. The molecule has 2 heterocycles. The maximum Gasteiger partial charge on any atom is 0.332 e. The summed E-state index contributed by atoms with van der Waals surface area (Å²) in [5, 5.41) is 15.7. The van der Waals surface area contributed by atoms with E-state index in [0.29, 0.717) is 37.6 Å². The number of ether oxygens (including phenoxy) is 1. The van der Waals surface area contributed by atoms with Crippen molar-refractivity contribution < 1.29 is 19.2 Å². The first kappa shape index (κ1) is 13.0. The van der Waals surface area contributed by atoms with E-state index in [-0.39, 0.29) is 6.10 Å². The number of aliphatic carboxylic acids is 1. The van der Waals surface area contributed by atoms with Gasteiger partial charge in [-0.05, 0) is 19.8 Å². The first-order valence-corrected chi connectivity index (χ1v) is 6.03. The Morgan fingerprint density at radius 3 is 3.00 bits per heavy atom. The SMILES string of the molecule is Cc1noc(CCNCC2CCC(C(=O)O)O2)n1. The van der Waals surface area contributed by atoms with Crippen molar-refractivity contribution in [2.45, 2.75) is 38.4 Å². The van der Waals surface area contributed by atoms with Gasteiger partial charge in [-0.25, -0.2) is 4.79 Å². The summed E-state index contributed by atoms with van der Waals surface area (Å²) >= 11 is 0. The van der Waals surface area contributed by atoms with Crippen LogP contribution in [0.3, 0.4) is 0 Å². The Kier molecular flexibility index (Phi) is 4.27. The summed E-state index contributed by atoms with van der Waals surface area (Å²) in [4.78, 5) is 14.8. The number of aryl methyl sites for hydroxylation is 1. The van der Waals surface area contributed by atoms with Gasteiger partial charge in [0.05, 0.1) is 6.10 Å². The van der Waals surface area contributed by atoms with E-state index in [9.17, 15) is 4.79 Å². The molecule has 0 saturated carbocycles. The number of hydrogen-bond donors (Lipinski definition) is 2. The molecule has 18 heavy (non-hydrogen) atoms. The van der Waals surface area contributed by atoms with Crippen LogP contribution in [-0.2, 0) is 16.0 Å². The molecule has 0 aromatic carbocycles. The molecule has 1 saturated heterocycles. The summed E-state index contributed by atoms with van der Waals surface area (Å²) in [6, 6.07) is 0. The van der Waals surface area contributed by atoms with Gasteiger partial charge in [-0.2, -0.15) is 4.98 Å². The first-order valence-electron chi connectivity index (χ1n) is 6.03. The van der Waals surface area contributed by atoms with E-state index in [1.807, 2.05) is 0 Å². The average Bonchev–Trinajstić information content (AvgIpc) is 2.93. The van der Waals surface area contributed by atoms with Gasteiger partial charge in [0.2, 0.25) is 5.89 Å². The summed E-state index contributed by atoms with van der Waals surface area (Å²) in [6.07, 6.45) is 1.37. The number of hydrogen-bond acceptors (Lipinski definition) is 6. The molecular formula is C11H17N3O4. The van der Waals surface area contributed by atoms with Gasteiger partial charge in [-0.1, -0.05) is 5.16 Å². The van der Waals surface area contributed by atoms with Crippen LogP contribution in [0.5, 0.6) is 0 Å². The van der Waals surface area contributed by atoms with Crippen molar-refractivity contribution in [2.24, 2.45) is 0 Å². The van der Waals surface area contributed by atoms with Gasteiger partial charge in [0.25, 0.3) is 0 Å². The van der Waals surface area contributed by atoms with Crippen LogP contribution in [-0.4, -0.2) is 46.5 Å². The number of carboxylic acid groups (broad SMARTS) is 1. The first-order chi connectivity index (χ1) is 8.65. The van der Waals surface area contributed by atoms with E-state index in [1.54, 1.807) is 6.92 Å². The van der Waals surface area contributed by atoms with Gasteiger partial charge in [-0.15, -0.1) is 0 Å². The van der Waals surface area contributed by atoms with Crippen molar-refractivity contribution in [1.82, 2.24) is 15.5 Å². The zero-order valence-electron chi connectivity index (χ0n) is 10.3. The molecule has 2 N–H and O–H groups in total. The van der Waals surface area contributed by atoms with Gasteiger partial charge in [0.1, 0.15) is 0 Å². The van der Waals surface area contributed by atoms with Crippen LogP contribution in [0.2, 0.25) is 0 Å². The fourth-order valence-corrected chi connectivity index (χ4v) is 1.94. The third kappa shape index (κ3) is 3.51. The largest absolute Gasteiger partial charge is 0.479 e. The number of carboxylic acids is 1. The third-order valence-corrected chi connectivity index (χ3v) is 2.84. The number of nitrogens with zero attached hydrogens (tertiary/aromatic N) is 2. The van der Waals surface area contributed by atoms with E-state index in [2.05, 4.69) is 15.5 Å². The van der Waals surface area contributed by atoms with E-state index in [0.717, 1.165) is 6.42 Å². The van der Waals surface area contributed by atoms with Crippen LogP contribution in [0.15, 0.2) is 4.52 Å². The Morgan fingerprint density at radius 2 is 2.39 bits per heavy atom. The monoisotopic (exact) mass is 255 g/mol. The third-order valence-electron chi connectivity index (χ3n) is 2.84. The highest BCUT2D eigenvalue weighted by atomic mass is 16.5. The molecule has 0 amide bonds. The maximum atomic E-state index is 10.7. The van der Waals surface area contributed by atoms with Crippen LogP contribution in [0, 0.1) is 6.92 Å². The second-order valence-electron chi connectivity index (χ2n) is 4.35. The Hall–Kier alpha value is -1.47. The molecule has 1 aromatic heterocycles. The zero-order valence-corrected chi connectivity index (χ0v) is 10.3. The molecular weight excluding hydrogens is 238 g/mol. The summed E-state index contributed by atoms with van der Waals surface area (Å²) in [5.74, 6) is 0.364. The minimum absolute atomic E-state index is 0.0180. The van der Waals surface area contributed by atoms with Crippen LogP contribution < -0.4 is 5.32 Å². The van der Waals surface area contributed by atoms with Crippen molar-refractivity contribution >= 4 is 5.97 Å². The van der Waals surface area contributed by atoms with E-state index in [1.165, 1.54) is 0 Å². The van der Waals surface area contributed by atoms with Crippen molar-refractivity contribution in [3.63, 3.8) is 0 Å². The molecule has 7 nitrogen and oxygen atoms in total. The standard InChI is InChI=1S/C11H17N3O4/c1-7-13-10(18-14-7)4-5-12-6-8-2-3-9(17-8)11(15)16/h8-9,12H,2-6H2,1H3,(H,15,16). The van der Waals surface area contributed by atoms with E-state index >= 15 is 0 Å². The molecule has 1 aliphatic heterocycles. The van der Waals surface area contributed by atoms with Crippen molar-refractivity contribution in [3.05, 3.63) is 11.7 Å². The predicted molar refractivity (Wildman–Crippen MR) is 61.1 cm³/mol. The summed E-state index contributed by atoms with van der Waals surface area (Å²) in [5.41, 5.74) is 0. The number of carbonyl (C=O) groups is 1. The fourth-order valence-electron chi connectivity index (χ4n) is 1.94. The quantitative estimate of drug-likeness (QED) is 0.698. The van der Waals surface area contributed by atoms with Gasteiger partial charge in [0.15, 0.2) is 11.9 Å². The molecule has 100 valence electrons. The highest BCUT2D eigenvalue weighted by Crippen LogP contribution is 2.19. The molecule has 1 aliphatic rings. The van der Waals surface area contributed by atoms with Gasteiger partial charge in [0, 0.05) is 19.5 Å². The highest BCUT2D eigenvalue weighted by Gasteiger charge is 2.29.